The predicted octanol–water partition coefficient (Wildman–Crippen LogP) is 3.67. The molecule has 1 aliphatic heterocycles. The van der Waals surface area contributed by atoms with Gasteiger partial charge in [0.05, 0.1) is 25.7 Å². The van der Waals surface area contributed by atoms with Crippen LogP contribution in [0.2, 0.25) is 8.67 Å². The van der Waals surface area contributed by atoms with E-state index in [-0.39, 0.29) is 11.8 Å². The van der Waals surface area contributed by atoms with Crippen molar-refractivity contribution in [2.75, 3.05) is 12.3 Å². The molecule has 2 atom stereocenters. The van der Waals surface area contributed by atoms with E-state index >= 15 is 0 Å². The van der Waals surface area contributed by atoms with Crippen molar-refractivity contribution in [2.45, 2.75) is 37.5 Å². The summed E-state index contributed by atoms with van der Waals surface area (Å²) in [5.74, 6) is 0.273. The van der Waals surface area contributed by atoms with Gasteiger partial charge in [-0.05, 0) is 25.5 Å². The number of nitrogens with one attached hydrogen (secondary N) is 1. The van der Waals surface area contributed by atoms with Crippen molar-refractivity contribution in [3.63, 3.8) is 0 Å². The molecule has 2 heterocycles. The van der Waals surface area contributed by atoms with E-state index in [1.54, 1.807) is 6.07 Å². The lowest BCUT2D eigenvalue weighted by atomic mass is 10.0. The van der Waals surface area contributed by atoms with Gasteiger partial charge in [-0.25, -0.2) is 8.42 Å². The van der Waals surface area contributed by atoms with E-state index in [9.17, 15) is 8.42 Å². The molecule has 3 nitrogen and oxygen atoms in total. The van der Waals surface area contributed by atoms with Crippen molar-refractivity contribution in [1.82, 2.24) is 5.32 Å². The maximum absolute atomic E-state index is 12.3. The Bertz CT molecular complexity index is 542. The van der Waals surface area contributed by atoms with Crippen LogP contribution in [-0.4, -0.2) is 26.0 Å². The second kappa shape index (κ2) is 6.31. The topological polar surface area (TPSA) is 46.2 Å². The van der Waals surface area contributed by atoms with Gasteiger partial charge in [-0.2, -0.15) is 0 Å². The van der Waals surface area contributed by atoms with Gasteiger partial charge in [0.2, 0.25) is 0 Å². The van der Waals surface area contributed by atoms with Crippen LogP contribution >= 0.6 is 34.5 Å². The lowest BCUT2D eigenvalue weighted by molar-refractivity contribution is 0.455. The number of rotatable bonds is 4. The van der Waals surface area contributed by atoms with Crippen LogP contribution in [0.15, 0.2) is 6.07 Å². The van der Waals surface area contributed by atoms with Crippen molar-refractivity contribution in [3.05, 3.63) is 20.3 Å². The van der Waals surface area contributed by atoms with E-state index in [1.807, 2.05) is 6.92 Å². The molecule has 0 bridgehead atoms. The average molecular weight is 342 g/mol. The minimum Gasteiger partial charge on any atom is -0.309 e. The first-order valence-electron chi connectivity index (χ1n) is 6.35. The standard InChI is InChI=1S/C12H17Cl2NO2S2/c1-2-15-11(8-7-10(13)18-12(8)14)9-5-3-4-6-19(9,16)17/h7,9,11,15H,2-6H2,1H3. The summed E-state index contributed by atoms with van der Waals surface area (Å²) in [6.45, 7) is 2.66. The van der Waals surface area contributed by atoms with Gasteiger partial charge in [0.1, 0.15) is 0 Å². The fourth-order valence-corrected chi connectivity index (χ4v) is 6.22. The Kier molecular flexibility index (Phi) is 5.17. The Balaban J connectivity index is 2.37. The molecule has 7 heteroatoms. The third-order valence-electron chi connectivity index (χ3n) is 3.44. The minimum absolute atomic E-state index is 0.258. The Morgan fingerprint density at radius 1 is 1.47 bits per heavy atom. The highest BCUT2D eigenvalue weighted by molar-refractivity contribution is 7.92. The normalized spacial score (nSPS) is 24.3. The highest BCUT2D eigenvalue weighted by atomic mass is 35.5. The summed E-state index contributed by atoms with van der Waals surface area (Å²) in [6.07, 6.45) is 2.39. The lowest BCUT2D eigenvalue weighted by Gasteiger charge is -2.30. The molecule has 2 unspecified atom stereocenters. The molecular formula is C12H17Cl2NO2S2. The van der Waals surface area contributed by atoms with Gasteiger partial charge < -0.3 is 5.32 Å². The summed E-state index contributed by atoms with van der Waals surface area (Å²) in [5, 5.41) is 2.86. The number of sulfone groups is 1. The second-order valence-electron chi connectivity index (χ2n) is 4.72. The predicted molar refractivity (Wildman–Crippen MR) is 82.2 cm³/mol. The number of thiophene rings is 1. The fourth-order valence-electron chi connectivity index (χ4n) is 2.58. The summed E-state index contributed by atoms with van der Waals surface area (Å²) in [4.78, 5) is 0. The van der Waals surface area contributed by atoms with Crippen LogP contribution < -0.4 is 5.32 Å². The van der Waals surface area contributed by atoms with Crippen LogP contribution in [0, 0.1) is 0 Å². The van der Waals surface area contributed by atoms with Gasteiger partial charge in [0.15, 0.2) is 9.84 Å². The molecule has 2 rings (SSSR count). The summed E-state index contributed by atoms with van der Waals surface area (Å²) in [5.41, 5.74) is 0.814. The zero-order valence-electron chi connectivity index (χ0n) is 10.7. The van der Waals surface area contributed by atoms with E-state index in [2.05, 4.69) is 5.32 Å². The molecule has 19 heavy (non-hydrogen) atoms. The Morgan fingerprint density at radius 2 is 2.21 bits per heavy atom. The van der Waals surface area contributed by atoms with Crippen LogP contribution in [0.3, 0.4) is 0 Å². The van der Waals surface area contributed by atoms with Crippen LogP contribution in [-0.2, 0) is 9.84 Å². The van der Waals surface area contributed by atoms with E-state index in [0.29, 0.717) is 21.6 Å². The molecule has 0 spiro atoms. The molecule has 1 fully saturated rings. The van der Waals surface area contributed by atoms with Gasteiger partial charge >= 0.3 is 0 Å². The van der Waals surface area contributed by atoms with E-state index in [1.165, 1.54) is 11.3 Å². The van der Waals surface area contributed by atoms with E-state index < -0.39 is 15.1 Å². The van der Waals surface area contributed by atoms with Crippen molar-refractivity contribution in [3.8, 4) is 0 Å². The number of hydrogen-bond donors (Lipinski definition) is 1. The van der Waals surface area contributed by atoms with Gasteiger partial charge in [-0.1, -0.05) is 36.5 Å². The molecule has 0 aliphatic carbocycles. The smallest absolute Gasteiger partial charge is 0.155 e. The quantitative estimate of drug-likeness (QED) is 0.908. The summed E-state index contributed by atoms with van der Waals surface area (Å²) >= 11 is 13.4. The molecule has 108 valence electrons. The second-order valence-corrected chi connectivity index (χ2v) is 9.34. The first kappa shape index (κ1) is 15.6. The zero-order chi connectivity index (χ0) is 14.0. The van der Waals surface area contributed by atoms with Gasteiger partial charge in [-0.15, -0.1) is 11.3 Å². The van der Waals surface area contributed by atoms with E-state index in [4.69, 9.17) is 23.2 Å². The van der Waals surface area contributed by atoms with E-state index in [0.717, 1.165) is 18.4 Å². The van der Waals surface area contributed by atoms with Crippen molar-refractivity contribution >= 4 is 44.4 Å². The third-order valence-corrected chi connectivity index (χ3v) is 7.25. The maximum Gasteiger partial charge on any atom is 0.155 e. The molecule has 0 saturated carbocycles. The number of hydrogen-bond acceptors (Lipinski definition) is 4. The molecule has 1 N–H and O–H groups in total. The van der Waals surface area contributed by atoms with Gasteiger partial charge in [-0.3, -0.25) is 0 Å². The van der Waals surface area contributed by atoms with Gasteiger partial charge in [0.25, 0.3) is 0 Å². The van der Waals surface area contributed by atoms with Crippen LogP contribution in [0.4, 0.5) is 0 Å². The lowest BCUT2D eigenvalue weighted by Crippen LogP contribution is -2.40. The Labute approximate surface area is 128 Å². The van der Waals surface area contributed by atoms with Gasteiger partial charge in [0, 0.05) is 5.56 Å². The first-order valence-corrected chi connectivity index (χ1v) is 9.64. The molecule has 1 aromatic heterocycles. The third kappa shape index (κ3) is 3.45. The van der Waals surface area contributed by atoms with Crippen molar-refractivity contribution < 1.29 is 8.42 Å². The summed E-state index contributed by atoms with van der Waals surface area (Å²) in [7, 11) is -3.06. The SMILES string of the molecule is CCNC(c1cc(Cl)sc1Cl)C1CCCCS1(=O)=O. The highest BCUT2D eigenvalue weighted by Crippen LogP contribution is 2.39. The van der Waals surface area contributed by atoms with Crippen molar-refractivity contribution in [2.24, 2.45) is 0 Å². The molecule has 1 aliphatic rings. The molecule has 1 saturated heterocycles. The first-order chi connectivity index (χ1) is 8.95. The molecule has 0 radical (unpaired) electrons. The minimum atomic E-state index is -3.06. The van der Waals surface area contributed by atoms with Crippen molar-refractivity contribution in [1.29, 1.82) is 0 Å². The molecular weight excluding hydrogens is 325 g/mol. The fraction of sp³-hybridized carbons (Fsp3) is 0.667. The Hall–Kier alpha value is 0.190. The number of halogens is 2. The molecule has 0 amide bonds. The Morgan fingerprint density at radius 3 is 2.74 bits per heavy atom. The maximum atomic E-state index is 12.3. The summed E-state index contributed by atoms with van der Waals surface area (Å²) in [6, 6.07) is 1.53. The zero-order valence-corrected chi connectivity index (χ0v) is 13.8. The largest absolute Gasteiger partial charge is 0.309 e. The average Bonchev–Trinajstić information content (AvgIpc) is 2.65. The molecule has 1 aromatic rings. The van der Waals surface area contributed by atoms with Crippen LogP contribution in [0.25, 0.3) is 0 Å². The summed E-state index contributed by atoms with van der Waals surface area (Å²) < 4.78 is 25.7. The molecule has 0 aromatic carbocycles. The highest BCUT2D eigenvalue weighted by Gasteiger charge is 2.37. The monoisotopic (exact) mass is 341 g/mol. The van der Waals surface area contributed by atoms with Crippen LogP contribution in [0.1, 0.15) is 37.8 Å². The van der Waals surface area contributed by atoms with Crippen LogP contribution in [0.5, 0.6) is 0 Å².